The van der Waals surface area contributed by atoms with Gasteiger partial charge < -0.3 is 5.32 Å². The SMILES string of the molecule is CC(C)CN1CCc2nc(CNC3CC3)sc2C1. The molecule has 2 aliphatic rings. The van der Waals surface area contributed by atoms with Crippen molar-refractivity contribution >= 4 is 11.3 Å². The van der Waals surface area contributed by atoms with Crippen LogP contribution in [-0.4, -0.2) is 29.0 Å². The highest BCUT2D eigenvalue weighted by Gasteiger charge is 2.23. The second-order valence-corrected chi connectivity index (χ2v) is 7.18. The van der Waals surface area contributed by atoms with Gasteiger partial charge in [0.05, 0.1) is 5.69 Å². The van der Waals surface area contributed by atoms with Gasteiger partial charge in [-0.05, 0) is 18.8 Å². The van der Waals surface area contributed by atoms with E-state index >= 15 is 0 Å². The Morgan fingerprint density at radius 2 is 2.28 bits per heavy atom. The summed E-state index contributed by atoms with van der Waals surface area (Å²) in [5.41, 5.74) is 1.37. The summed E-state index contributed by atoms with van der Waals surface area (Å²) < 4.78 is 0. The maximum Gasteiger partial charge on any atom is 0.107 e. The van der Waals surface area contributed by atoms with E-state index in [0.29, 0.717) is 0 Å². The molecule has 1 aromatic heterocycles. The number of rotatable bonds is 5. The lowest BCUT2D eigenvalue weighted by atomic mass is 10.1. The quantitative estimate of drug-likeness (QED) is 0.886. The van der Waals surface area contributed by atoms with Crippen molar-refractivity contribution in [3.8, 4) is 0 Å². The van der Waals surface area contributed by atoms with E-state index < -0.39 is 0 Å². The van der Waals surface area contributed by atoms with Crippen LogP contribution in [0.1, 0.15) is 42.3 Å². The van der Waals surface area contributed by atoms with Gasteiger partial charge in [0.2, 0.25) is 0 Å². The summed E-state index contributed by atoms with van der Waals surface area (Å²) >= 11 is 1.92. The first kappa shape index (κ1) is 12.6. The highest BCUT2D eigenvalue weighted by Crippen LogP contribution is 2.26. The molecule has 1 aliphatic heterocycles. The molecule has 0 unspecified atom stereocenters. The molecule has 0 spiro atoms. The van der Waals surface area contributed by atoms with E-state index in [4.69, 9.17) is 4.98 Å². The van der Waals surface area contributed by atoms with Crippen LogP contribution in [0.15, 0.2) is 0 Å². The van der Waals surface area contributed by atoms with Crippen LogP contribution in [0.4, 0.5) is 0 Å². The van der Waals surface area contributed by atoms with Crippen LogP contribution in [0.25, 0.3) is 0 Å². The van der Waals surface area contributed by atoms with E-state index in [-0.39, 0.29) is 0 Å². The van der Waals surface area contributed by atoms with E-state index in [1.807, 2.05) is 11.3 Å². The normalized spacial score (nSPS) is 20.4. The van der Waals surface area contributed by atoms with Gasteiger partial charge in [-0.25, -0.2) is 4.98 Å². The zero-order chi connectivity index (χ0) is 12.5. The van der Waals surface area contributed by atoms with Crippen LogP contribution >= 0.6 is 11.3 Å². The van der Waals surface area contributed by atoms with Crippen molar-refractivity contribution < 1.29 is 0 Å². The Kier molecular flexibility index (Phi) is 3.68. The minimum absolute atomic E-state index is 0.760. The Morgan fingerprint density at radius 1 is 1.44 bits per heavy atom. The van der Waals surface area contributed by atoms with Crippen LogP contribution in [0, 0.1) is 5.92 Å². The summed E-state index contributed by atoms with van der Waals surface area (Å²) in [5.74, 6) is 0.760. The zero-order valence-corrected chi connectivity index (χ0v) is 12.2. The summed E-state index contributed by atoms with van der Waals surface area (Å²) in [4.78, 5) is 8.87. The monoisotopic (exact) mass is 265 g/mol. The van der Waals surface area contributed by atoms with Crippen molar-refractivity contribution in [2.75, 3.05) is 13.1 Å². The molecular formula is C14H23N3S. The second-order valence-electron chi connectivity index (χ2n) is 6.01. The number of nitrogens with one attached hydrogen (secondary N) is 1. The van der Waals surface area contributed by atoms with Crippen LogP contribution in [0.3, 0.4) is 0 Å². The third kappa shape index (κ3) is 3.11. The number of fused-ring (bicyclic) bond motifs is 1. The molecule has 1 aliphatic carbocycles. The molecule has 1 fully saturated rings. The van der Waals surface area contributed by atoms with Crippen LogP contribution in [-0.2, 0) is 19.5 Å². The average molecular weight is 265 g/mol. The first-order valence-electron chi connectivity index (χ1n) is 7.14. The van der Waals surface area contributed by atoms with Crippen molar-refractivity contribution in [1.82, 2.24) is 15.2 Å². The Balaban J connectivity index is 1.60. The molecule has 0 amide bonds. The molecule has 0 bridgehead atoms. The summed E-state index contributed by atoms with van der Waals surface area (Å²) in [6.07, 6.45) is 3.85. The molecule has 0 radical (unpaired) electrons. The number of thiazole rings is 1. The standard InChI is InChI=1S/C14H23N3S/c1-10(2)8-17-6-5-12-13(9-17)18-14(16-12)7-15-11-3-4-11/h10-11,15H,3-9H2,1-2H3. The van der Waals surface area contributed by atoms with Gasteiger partial charge in [0.15, 0.2) is 0 Å². The fourth-order valence-electron chi connectivity index (χ4n) is 2.57. The van der Waals surface area contributed by atoms with Crippen molar-refractivity contribution in [2.45, 2.75) is 52.2 Å². The lowest BCUT2D eigenvalue weighted by Crippen LogP contribution is -2.32. The Labute approximate surface area is 114 Å². The minimum Gasteiger partial charge on any atom is -0.308 e. The predicted octanol–water partition coefficient (Wildman–Crippen LogP) is 2.41. The van der Waals surface area contributed by atoms with Gasteiger partial charge in [-0.3, -0.25) is 4.90 Å². The molecule has 100 valence electrons. The van der Waals surface area contributed by atoms with Crippen molar-refractivity contribution in [3.05, 3.63) is 15.6 Å². The van der Waals surface area contributed by atoms with E-state index in [0.717, 1.165) is 31.5 Å². The van der Waals surface area contributed by atoms with E-state index in [1.54, 1.807) is 0 Å². The van der Waals surface area contributed by atoms with Gasteiger partial charge >= 0.3 is 0 Å². The van der Waals surface area contributed by atoms with Gasteiger partial charge in [-0.1, -0.05) is 13.8 Å². The fraction of sp³-hybridized carbons (Fsp3) is 0.786. The van der Waals surface area contributed by atoms with Crippen molar-refractivity contribution in [1.29, 1.82) is 0 Å². The molecule has 0 aromatic carbocycles. The number of hydrogen-bond acceptors (Lipinski definition) is 4. The summed E-state index contributed by atoms with van der Waals surface area (Å²) in [6.45, 7) is 9.10. The first-order chi connectivity index (χ1) is 8.70. The second kappa shape index (κ2) is 5.27. The maximum absolute atomic E-state index is 4.79. The van der Waals surface area contributed by atoms with E-state index in [1.165, 1.54) is 41.5 Å². The summed E-state index contributed by atoms with van der Waals surface area (Å²) in [5, 5.41) is 4.85. The molecule has 3 nitrogen and oxygen atoms in total. The molecule has 18 heavy (non-hydrogen) atoms. The lowest BCUT2D eigenvalue weighted by Gasteiger charge is -2.27. The van der Waals surface area contributed by atoms with Crippen molar-refractivity contribution in [3.63, 3.8) is 0 Å². The zero-order valence-electron chi connectivity index (χ0n) is 11.4. The van der Waals surface area contributed by atoms with Gasteiger partial charge in [-0.2, -0.15) is 0 Å². The fourth-order valence-corrected chi connectivity index (χ4v) is 3.68. The maximum atomic E-state index is 4.79. The van der Waals surface area contributed by atoms with E-state index in [9.17, 15) is 0 Å². The highest BCUT2D eigenvalue weighted by molar-refractivity contribution is 7.11. The van der Waals surface area contributed by atoms with Crippen LogP contribution in [0.2, 0.25) is 0 Å². The smallest absolute Gasteiger partial charge is 0.107 e. The Hall–Kier alpha value is -0.450. The molecule has 3 rings (SSSR count). The average Bonchev–Trinajstić information content (AvgIpc) is 3.05. The van der Waals surface area contributed by atoms with E-state index in [2.05, 4.69) is 24.1 Å². The predicted molar refractivity (Wildman–Crippen MR) is 75.8 cm³/mol. The Bertz CT molecular complexity index is 409. The van der Waals surface area contributed by atoms with Gasteiger partial charge in [0.25, 0.3) is 0 Å². The topological polar surface area (TPSA) is 28.2 Å². The third-order valence-corrected chi connectivity index (χ3v) is 4.68. The molecule has 1 aromatic rings. The largest absolute Gasteiger partial charge is 0.308 e. The molecule has 0 atom stereocenters. The van der Waals surface area contributed by atoms with Gasteiger partial charge in [-0.15, -0.1) is 11.3 Å². The Morgan fingerprint density at radius 3 is 3.00 bits per heavy atom. The first-order valence-corrected chi connectivity index (χ1v) is 7.95. The van der Waals surface area contributed by atoms with Gasteiger partial charge in [0.1, 0.15) is 5.01 Å². The minimum atomic E-state index is 0.760. The number of hydrogen-bond donors (Lipinski definition) is 1. The summed E-state index contributed by atoms with van der Waals surface area (Å²) in [6, 6.07) is 0.781. The number of nitrogens with zero attached hydrogens (tertiary/aromatic N) is 2. The number of aromatic nitrogens is 1. The molecule has 0 saturated heterocycles. The molecule has 1 N–H and O–H groups in total. The summed E-state index contributed by atoms with van der Waals surface area (Å²) in [7, 11) is 0. The van der Waals surface area contributed by atoms with Gasteiger partial charge in [0, 0.05) is 43.5 Å². The molecule has 1 saturated carbocycles. The molecule has 4 heteroatoms. The molecular weight excluding hydrogens is 242 g/mol. The third-order valence-electron chi connectivity index (χ3n) is 3.60. The molecule has 2 heterocycles. The lowest BCUT2D eigenvalue weighted by molar-refractivity contribution is 0.228. The van der Waals surface area contributed by atoms with Crippen LogP contribution < -0.4 is 5.32 Å². The van der Waals surface area contributed by atoms with Crippen LogP contribution in [0.5, 0.6) is 0 Å². The van der Waals surface area contributed by atoms with Crippen molar-refractivity contribution in [2.24, 2.45) is 5.92 Å². The highest BCUT2D eigenvalue weighted by atomic mass is 32.1.